The van der Waals surface area contributed by atoms with E-state index in [2.05, 4.69) is 17.1 Å². The van der Waals surface area contributed by atoms with Crippen molar-refractivity contribution in [3.05, 3.63) is 77.0 Å². The van der Waals surface area contributed by atoms with E-state index in [-0.39, 0.29) is 19.0 Å². The number of rotatable bonds is 8. The molecule has 0 saturated carbocycles. The summed E-state index contributed by atoms with van der Waals surface area (Å²) in [5, 5.41) is 6.98. The van der Waals surface area contributed by atoms with E-state index in [9.17, 15) is 14.4 Å². The van der Waals surface area contributed by atoms with Crippen molar-refractivity contribution < 1.29 is 23.6 Å². The van der Waals surface area contributed by atoms with Gasteiger partial charge in [0.1, 0.15) is 12.3 Å². The molecule has 1 saturated heterocycles. The van der Waals surface area contributed by atoms with Crippen LogP contribution in [0.3, 0.4) is 0 Å². The van der Waals surface area contributed by atoms with Crippen LogP contribution in [0.25, 0.3) is 0 Å². The molecule has 2 aromatic rings. The van der Waals surface area contributed by atoms with Gasteiger partial charge in [-0.2, -0.15) is 0 Å². The average Bonchev–Trinajstić information content (AvgIpc) is 3.23. The molecule has 1 aromatic carbocycles. The number of allylic oxidation sites excluding steroid dienone is 1. The number of urea groups is 1. The van der Waals surface area contributed by atoms with Crippen LogP contribution in [0.5, 0.6) is 0 Å². The van der Waals surface area contributed by atoms with E-state index in [1.54, 1.807) is 30.5 Å². The van der Waals surface area contributed by atoms with E-state index in [4.69, 9.17) is 9.26 Å². The normalized spacial score (nSPS) is 14.2. The molecule has 0 aliphatic carbocycles. The van der Waals surface area contributed by atoms with Gasteiger partial charge in [-0.3, -0.25) is 4.79 Å². The SMILES string of the molecule is C=C/C(=C\NCc1c(C)noc1C)N1C(=O)CN(Cc2cccc(C(=O)OC)c2)C1=O. The van der Waals surface area contributed by atoms with Crippen LogP contribution >= 0.6 is 0 Å². The zero-order chi connectivity index (χ0) is 22.5. The van der Waals surface area contributed by atoms with Gasteiger partial charge < -0.3 is 19.5 Å². The Morgan fingerprint density at radius 3 is 2.77 bits per heavy atom. The molecule has 0 unspecified atom stereocenters. The summed E-state index contributed by atoms with van der Waals surface area (Å²) in [5.41, 5.74) is 3.11. The smallest absolute Gasteiger partial charge is 0.337 e. The van der Waals surface area contributed by atoms with E-state index >= 15 is 0 Å². The number of imide groups is 1. The highest BCUT2D eigenvalue weighted by molar-refractivity contribution is 6.04. The highest BCUT2D eigenvalue weighted by atomic mass is 16.5. The van der Waals surface area contributed by atoms with Gasteiger partial charge in [-0.05, 0) is 37.6 Å². The molecule has 3 rings (SSSR count). The summed E-state index contributed by atoms with van der Waals surface area (Å²) >= 11 is 0. The summed E-state index contributed by atoms with van der Waals surface area (Å²) in [4.78, 5) is 39.7. The molecule has 0 atom stereocenters. The van der Waals surface area contributed by atoms with Gasteiger partial charge in [-0.25, -0.2) is 14.5 Å². The molecule has 9 nitrogen and oxygen atoms in total. The van der Waals surface area contributed by atoms with Crippen molar-refractivity contribution >= 4 is 17.9 Å². The maximum absolute atomic E-state index is 12.9. The molecule has 1 aromatic heterocycles. The number of ether oxygens (including phenoxy) is 1. The lowest BCUT2D eigenvalue weighted by Gasteiger charge is -2.18. The van der Waals surface area contributed by atoms with Gasteiger partial charge >= 0.3 is 12.0 Å². The maximum atomic E-state index is 12.9. The monoisotopic (exact) mass is 424 g/mol. The van der Waals surface area contributed by atoms with Crippen molar-refractivity contribution in [2.24, 2.45) is 0 Å². The van der Waals surface area contributed by atoms with Crippen LogP contribution in [0.2, 0.25) is 0 Å². The van der Waals surface area contributed by atoms with E-state index in [0.717, 1.165) is 16.2 Å². The second-order valence-electron chi connectivity index (χ2n) is 7.02. The van der Waals surface area contributed by atoms with Crippen molar-refractivity contribution in [2.75, 3.05) is 13.7 Å². The molecule has 0 spiro atoms. The standard InChI is InChI=1S/C22H24N4O5/c1-5-18(10-23-11-19-14(2)24-31-15(19)3)26-20(27)13-25(22(26)29)12-16-7-6-8-17(9-16)21(28)30-4/h5-10,23H,1,11-13H2,2-4H3/b18-10+. The molecule has 2 heterocycles. The summed E-state index contributed by atoms with van der Waals surface area (Å²) < 4.78 is 9.85. The van der Waals surface area contributed by atoms with Gasteiger partial charge in [-0.1, -0.05) is 23.9 Å². The van der Waals surface area contributed by atoms with Gasteiger partial charge in [0.25, 0.3) is 5.91 Å². The average molecular weight is 424 g/mol. The molecule has 1 aliphatic heterocycles. The van der Waals surface area contributed by atoms with Crippen LogP contribution in [0.4, 0.5) is 4.79 Å². The predicted octanol–water partition coefficient (Wildman–Crippen LogP) is 2.66. The lowest BCUT2D eigenvalue weighted by Crippen LogP contribution is -2.32. The third-order valence-electron chi connectivity index (χ3n) is 4.94. The number of carbonyl (C=O) groups excluding carboxylic acids is 3. The first-order valence-corrected chi connectivity index (χ1v) is 9.62. The maximum Gasteiger partial charge on any atom is 0.337 e. The molecule has 1 fully saturated rings. The minimum absolute atomic E-state index is 0.0731. The van der Waals surface area contributed by atoms with Crippen molar-refractivity contribution in [1.82, 2.24) is 20.3 Å². The van der Waals surface area contributed by atoms with Crippen LogP contribution in [0.15, 0.2) is 53.3 Å². The van der Waals surface area contributed by atoms with E-state index < -0.39 is 12.0 Å². The topological polar surface area (TPSA) is 105 Å². The molecule has 0 radical (unpaired) electrons. The summed E-state index contributed by atoms with van der Waals surface area (Å²) in [7, 11) is 1.30. The van der Waals surface area contributed by atoms with Crippen LogP contribution in [0.1, 0.15) is 32.9 Å². The minimum Gasteiger partial charge on any atom is -0.465 e. The second kappa shape index (κ2) is 9.29. The van der Waals surface area contributed by atoms with Crippen LogP contribution in [-0.4, -0.2) is 46.5 Å². The number of hydrogen-bond donors (Lipinski definition) is 1. The van der Waals surface area contributed by atoms with Crippen molar-refractivity contribution in [3.8, 4) is 0 Å². The lowest BCUT2D eigenvalue weighted by molar-refractivity contribution is -0.123. The lowest BCUT2D eigenvalue weighted by atomic mass is 10.1. The van der Waals surface area contributed by atoms with Crippen LogP contribution in [-0.2, 0) is 22.6 Å². The summed E-state index contributed by atoms with van der Waals surface area (Å²) in [5.74, 6) is -0.125. The molecule has 3 amide bonds. The molecule has 162 valence electrons. The molecular formula is C22H24N4O5. The zero-order valence-electron chi connectivity index (χ0n) is 17.7. The number of aromatic nitrogens is 1. The number of benzene rings is 1. The zero-order valence-corrected chi connectivity index (χ0v) is 17.7. The number of carbonyl (C=O) groups is 3. The fourth-order valence-corrected chi connectivity index (χ4v) is 3.29. The molecule has 0 bridgehead atoms. The van der Waals surface area contributed by atoms with Crippen LogP contribution in [0, 0.1) is 13.8 Å². The Morgan fingerprint density at radius 2 is 2.13 bits per heavy atom. The highest BCUT2D eigenvalue weighted by Crippen LogP contribution is 2.20. The van der Waals surface area contributed by atoms with E-state index in [0.29, 0.717) is 29.1 Å². The Kier molecular flexibility index (Phi) is 6.54. The fraction of sp³-hybridized carbons (Fsp3) is 0.273. The van der Waals surface area contributed by atoms with Crippen molar-refractivity contribution in [2.45, 2.75) is 26.9 Å². The highest BCUT2D eigenvalue weighted by Gasteiger charge is 2.37. The summed E-state index contributed by atoms with van der Waals surface area (Å²) in [6, 6.07) is 6.29. The number of amides is 3. The first-order chi connectivity index (χ1) is 14.8. The number of hydrogen-bond acceptors (Lipinski definition) is 7. The third-order valence-corrected chi connectivity index (χ3v) is 4.94. The molecular weight excluding hydrogens is 400 g/mol. The van der Waals surface area contributed by atoms with Gasteiger partial charge in [0, 0.05) is 24.9 Å². The number of aryl methyl sites for hydroxylation is 2. The Balaban J connectivity index is 1.71. The molecule has 1 aliphatic rings. The number of nitrogens with zero attached hydrogens (tertiary/aromatic N) is 3. The Bertz CT molecular complexity index is 1040. The summed E-state index contributed by atoms with van der Waals surface area (Å²) in [6.45, 7) is 7.91. The van der Waals surface area contributed by atoms with Gasteiger partial charge in [0.15, 0.2) is 0 Å². The van der Waals surface area contributed by atoms with Crippen molar-refractivity contribution in [1.29, 1.82) is 0 Å². The first kappa shape index (κ1) is 21.8. The number of esters is 1. The Morgan fingerprint density at radius 1 is 1.35 bits per heavy atom. The van der Waals surface area contributed by atoms with E-state index in [1.807, 2.05) is 13.8 Å². The van der Waals surface area contributed by atoms with Crippen LogP contribution < -0.4 is 5.32 Å². The predicted molar refractivity (Wildman–Crippen MR) is 112 cm³/mol. The number of methoxy groups -OCH3 is 1. The molecule has 31 heavy (non-hydrogen) atoms. The second-order valence-corrected chi connectivity index (χ2v) is 7.02. The van der Waals surface area contributed by atoms with Gasteiger partial charge in [0.05, 0.1) is 24.1 Å². The summed E-state index contributed by atoms with van der Waals surface area (Å²) in [6.07, 6.45) is 3.01. The first-order valence-electron chi connectivity index (χ1n) is 9.62. The minimum atomic E-state index is -0.464. The number of nitrogens with one attached hydrogen (secondary N) is 1. The van der Waals surface area contributed by atoms with Gasteiger partial charge in [0.2, 0.25) is 0 Å². The fourth-order valence-electron chi connectivity index (χ4n) is 3.29. The van der Waals surface area contributed by atoms with Gasteiger partial charge in [-0.15, -0.1) is 0 Å². The quantitative estimate of drug-likeness (QED) is 0.395. The molecule has 9 heteroatoms. The van der Waals surface area contributed by atoms with E-state index in [1.165, 1.54) is 18.1 Å². The molecule has 1 N–H and O–H groups in total. The van der Waals surface area contributed by atoms with Crippen molar-refractivity contribution in [3.63, 3.8) is 0 Å². The third kappa shape index (κ3) is 4.66. The Hall–Kier alpha value is -3.88. The largest absolute Gasteiger partial charge is 0.465 e. The Labute approximate surface area is 179 Å².